The van der Waals surface area contributed by atoms with Crippen molar-refractivity contribution in [2.45, 2.75) is 38.0 Å². The van der Waals surface area contributed by atoms with Crippen LogP contribution in [0.25, 0.3) is 0 Å². The summed E-state index contributed by atoms with van der Waals surface area (Å²) in [5, 5.41) is 0.705. The van der Waals surface area contributed by atoms with Gasteiger partial charge >= 0.3 is 0 Å². The van der Waals surface area contributed by atoms with Crippen LogP contribution in [0.15, 0.2) is 48.5 Å². The molecule has 2 aromatic carbocycles. The number of aryl methyl sites for hydroxylation is 1. The summed E-state index contributed by atoms with van der Waals surface area (Å²) in [6, 6.07) is 14.4. The van der Waals surface area contributed by atoms with Crippen molar-refractivity contribution in [1.82, 2.24) is 4.90 Å². The fourth-order valence-corrected chi connectivity index (χ4v) is 3.69. The van der Waals surface area contributed by atoms with Crippen LogP contribution in [0.5, 0.6) is 0 Å². The Balaban J connectivity index is 1.61. The molecular formula is C21H23ClFNO. The number of benzene rings is 2. The molecule has 0 bridgehead atoms. The van der Waals surface area contributed by atoms with Crippen molar-refractivity contribution in [2.75, 3.05) is 13.1 Å². The molecule has 4 heteroatoms. The Bertz CT molecular complexity index is 716. The lowest BCUT2D eigenvalue weighted by atomic mass is 9.94. The Hall–Kier alpha value is -1.87. The van der Waals surface area contributed by atoms with Crippen molar-refractivity contribution in [3.8, 4) is 0 Å². The smallest absolute Gasteiger partial charge is 0.222 e. The largest absolute Gasteiger partial charge is 0.342 e. The molecule has 1 atom stereocenters. The van der Waals surface area contributed by atoms with Gasteiger partial charge in [-0.2, -0.15) is 0 Å². The topological polar surface area (TPSA) is 20.3 Å². The van der Waals surface area contributed by atoms with Crippen molar-refractivity contribution < 1.29 is 9.18 Å². The molecule has 1 heterocycles. The highest BCUT2D eigenvalue weighted by Gasteiger charge is 2.23. The zero-order valence-electron chi connectivity index (χ0n) is 14.3. The number of rotatable bonds is 4. The molecule has 1 aliphatic rings. The minimum absolute atomic E-state index is 0.189. The van der Waals surface area contributed by atoms with Gasteiger partial charge in [-0.1, -0.05) is 42.3 Å². The predicted octanol–water partition coefficient (Wildman–Crippen LogP) is 5.21. The minimum Gasteiger partial charge on any atom is -0.342 e. The Morgan fingerprint density at radius 2 is 1.96 bits per heavy atom. The first-order chi connectivity index (χ1) is 12.1. The lowest BCUT2D eigenvalue weighted by Crippen LogP contribution is -2.34. The van der Waals surface area contributed by atoms with Crippen LogP contribution in [0.1, 0.15) is 42.7 Å². The molecule has 25 heavy (non-hydrogen) atoms. The SMILES string of the molecule is O=C(CCc1cccc(Cl)c1)N1CCCCC(c2ccc(F)cc2)C1. The van der Waals surface area contributed by atoms with Gasteiger partial charge in [0, 0.05) is 30.5 Å². The van der Waals surface area contributed by atoms with E-state index in [0.29, 0.717) is 23.8 Å². The first-order valence-electron chi connectivity index (χ1n) is 8.89. The second kappa shape index (κ2) is 8.48. The standard InChI is InChI=1S/C21H23ClFNO/c22-19-6-3-4-16(14-19)7-12-21(25)24-13-2-1-5-18(15-24)17-8-10-20(23)11-9-17/h3-4,6,8-11,14,18H,1-2,5,7,12-13,15H2. The Labute approximate surface area is 153 Å². The van der Waals surface area contributed by atoms with Crippen LogP contribution in [-0.2, 0) is 11.2 Å². The zero-order chi connectivity index (χ0) is 17.6. The lowest BCUT2D eigenvalue weighted by Gasteiger charge is -2.25. The van der Waals surface area contributed by atoms with Crippen molar-refractivity contribution in [1.29, 1.82) is 0 Å². The van der Waals surface area contributed by atoms with Crippen LogP contribution in [0.3, 0.4) is 0 Å². The van der Waals surface area contributed by atoms with Gasteiger partial charge < -0.3 is 4.90 Å². The predicted molar refractivity (Wildman–Crippen MR) is 99.3 cm³/mol. The van der Waals surface area contributed by atoms with Crippen LogP contribution in [0, 0.1) is 5.82 Å². The molecule has 2 nitrogen and oxygen atoms in total. The highest BCUT2D eigenvalue weighted by atomic mass is 35.5. The van der Waals surface area contributed by atoms with E-state index in [-0.39, 0.29) is 11.7 Å². The van der Waals surface area contributed by atoms with Gasteiger partial charge in [-0.15, -0.1) is 0 Å². The van der Waals surface area contributed by atoms with Gasteiger partial charge in [-0.3, -0.25) is 4.79 Å². The first-order valence-corrected chi connectivity index (χ1v) is 9.27. The lowest BCUT2D eigenvalue weighted by molar-refractivity contribution is -0.131. The Kier molecular flexibility index (Phi) is 6.09. The van der Waals surface area contributed by atoms with Crippen LogP contribution < -0.4 is 0 Å². The van der Waals surface area contributed by atoms with E-state index in [2.05, 4.69) is 0 Å². The first kappa shape index (κ1) is 17.9. The minimum atomic E-state index is -0.216. The second-order valence-corrected chi connectivity index (χ2v) is 7.15. The summed E-state index contributed by atoms with van der Waals surface area (Å²) in [4.78, 5) is 14.7. The van der Waals surface area contributed by atoms with Crippen LogP contribution in [0.4, 0.5) is 4.39 Å². The molecule has 3 rings (SSSR count). The normalized spacial score (nSPS) is 18.0. The van der Waals surface area contributed by atoms with Gasteiger partial charge in [0.2, 0.25) is 5.91 Å². The molecular weight excluding hydrogens is 337 g/mol. The molecule has 1 saturated heterocycles. The van der Waals surface area contributed by atoms with E-state index in [4.69, 9.17) is 11.6 Å². The molecule has 1 fully saturated rings. The van der Waals surface area contributed by atoms with E-state index in [9.17, 15) is 9.18 Å². The molecule has 0 spiro atoms. The van der Waals surface area contributed by atoms with Crippen LogP contribution >= 0.6 is 11.6 Å². The molecule has 0 aliphatic carbocycles. The third-order valence-electron chi connectivity index (χ3n) is 4.88. The molecule has 0 radical (unpaired) electrons. The molecule has 0 saturated carbocycles. The van der Waals surface area contributed by atoms with E-state index in [1.54, 1.807) is 0 Å². The Morgan fingerprint density at radius 3 is 2.72 bits per heavy atom. The highest BCUT2D eigenvalue weighted by Crippen LogP contribution is 2.27. The van der Waals surface area contributed by atoms with E-state index in [0.717, 1.165) is 43.5 Å². The van der Waals surface area contributed by atoms with Crippen LogP contribution in [0.2, 0.25) is 5.02 Å². The molecule has 2 aromatic rings. The summed E-state index contributed by atoms with van der Waals surface area (Å²) in [5.41, 5.74) is 2.21. The maximum atomic E-state index is 13.2. The molecule has 0 N–H and O–H groups in total. The molecule has 132 valence electrons. The summed E-state index contributed by atoms with van der Waals surface area (Å²) in [6.45, 7) is 1.53. The number of halogens is 2. The fraction of sp³-hybridized carbons (Fsp3) is 0.381. The number of hydrogen-bond acceptors (Lipinski definition) is 1. The van der Waals surface area contributed by atoms with Gasteiger partial charge in [0.1, 0.15) is 5.82 Å². The van der Waals surface area contributed by atoms with Gasteiger partial charge in [0.05, 0.1) is 0 Å². The number of carbonyl (C=O) groups is 1. The van der Waals surface area contributed by atoms with Gasteiger partial charge in [-0.05, 0) is 54.7 Å². The third-order valence-corrected chi connectivity index (χ3v) is 5.12. The van der Waals surface area contributed by atoms with E-state index in [1.165, 1.54) is 12.1 Å². The molecule has 1 aliphatic heterocycles. The number of amides is 1. The molecule has 1 unspecified atom stereocenters. The summed E-state index contributed by atoms with van der Waals surface area (Å²) >= 11 is 6.01. The number of carbonyl (C=O) groups excluding carboxylic acids is 1. The average Bonchev–Trinajstić information content (AvgIpc) is 2.87. The fourth-order valence-electron chi connectivity index (χ4n) is 3.48. The summed E-state index contributed by atoms with van der Waals surface area (Å²) in [7, 11) is 0. The van der Waals surface area contributed by atoms with Crippen molar-refractivity contribution >= 4 is 17.5 Å². The monoisotopic (exact) mass is 359 g/mol. The van der Waals surface area contributed by atoms with Gasteiger partial charge in [0.25, 0.3) is 0 Å². The van der Waals surface area contributed by atoms with E-state index in [1.807, 2.05) is 41.3 Å². The maximum absolute atomic E-state index is 13.2. The summed E-state index contributed by atoms with van der Waals surface area (Å²) in [6.07, 6.45) is 4.37. The van der Waals surface area contributed by atoms with Crippen molar-refractivity contribution in [3.05, 3.63) is 70.5 Å². The van der Waals surface area contributed by atoms with Crippen molar-refractivity contribution in [3.63, 3.8) is 0 Å². The summed E-state index contributed by atoms with van der Waals surface area (Å²) in [5.74, 6) is 0.263. The highest BCUT2D eigenvalue weighted by molar-refractivity contribution is 6.30. The van der Waals surface area contributed by atoms with Gasteiger partial charge in [-0.25, -0.2) is 4.39 Å². The van der Waals surface area contributed by atoms with Crippen LogP contribution in [-0.4, -0.2) is 23.9 Å². The quantitative estimate of drug-likeness (QED) is 0.734. The average molecular weight is 360 g/mol. The Morgan fingerprint density at radius 1 is 1.16 bits per heavy atom. The third kappa shape index (κ3) is 5.05. The second-order valence-electron chi connectivity index (χ2n) is 6.71. The number of nitrogens with zero attached hydrogens (tertiary/aromatic N) is 1. The van der Waals surface area contributed by atoms with E-state index < -0.39 is 0 Å². The van der Waals surface area contributed by atoms with Crippen molar-refractivity contribution in [2.24, 2.45) is 0 Å². The summed E-state index contributed by atoms with van der Waals surface area (Å²) < 4.78 is 13.2. The molecule has 1 amide bonds. The van der Waals surface area contributed by atoms with Gasteiger partial charge in [0.15, 0.2) is 0 Å². The number of likely N-dealkylation sites (tertiary alicyclic amines) is 1. The maximum Gasteiger partial charge on any atom is 0.222 e. The zero-order valence-corrected chi connectivity index (χ0v) is 15.0. The van der Waals surface area contributed by atoms with E-state index >= 15 is 0 Å². The number of hydrogen-bond donors (Lipinski definition) is 0. The molecule has 0 aromatic heterocycles.